The summed E-state index contributed by atoms with van der Waals surface area (Å²) in [6, 6.07) is 4.29. The van der Waals surface area contributed by atoms with Crippen molar-refractivity contribution >= 4 is 5.78 Å². The number of ketones is 1. The second-order valence-corrected chi connectivity index (χ2v) is 6.80. The number of carbonyl (C=O) groups is 1. The first kappa shape index (κ1) is 17.4. The summed E-state index contributed by atoms with van der Waals surface area (Å²) in [5.74, 6) is 1.06. The molecule has 3 rings (SSSR count). The highest BCUT2D eigenvalue weighted by Crippen LogP contribution is 2.40. The molecule has 0 unspecified atom stereocenters. The van der Waals surface area contributed by atoms with E-state index in [1.54, 1.807) is 7.11 Å². The quantitative estimate of drug-likeness (QED) is 0.868. The van der Waals surface area contributed by atoms with Gasteiger partial charge in [0.05, 0.1) is 13.8 Å². The van der Waals surface area contributed by atoms with E-state index < -0.39 is 0 Å². The van der Waals surface area contributed by atoms with Crippen molar-refractivity contribution in [2.24, 2.45) is 5.92 Å². The van der Waals surface area contributed by atoms with Crippen LogP contribution in [0.3, 0.4) is 0 Å². The maximum atomic E-state index is 12.5. The lowest BCUT2D eigenvalue weighted by molar-refractivity contribution is -0.129. The molecule has 0 saturated carbocycles. The minimum atomic E-state index is -0.347. The average molecular weight is 335 g/mol. The number of halogens is 1. The Morgan fingerprint density at radius 2 is 2.25 bits per heavy atom. The lowest BCUT2D eigenvalue weighted by Crippen LogP contribution is -2.46. The summed E-state index contributed by atoms with van der Waals surface area (Å²) < 4.78 is 17.9. The number of aliphatic hydroxyl groups excluding tert-OH is 1. The molecule has 0 bridgehead atoms. The molecule has 1 saturated heterocycles. The van der Waals surface area contributed by atoms with E-state index in [2.05, 4.69) is 17.0 Å². The van der Waals surface area contributed by atoms with Crippen molar-refractivity contribution in [1.82, 2.24) is 4.90 Å². The van der Waals surface area contributed by atoms with Crippen LogP contribution in [0.2, 0.25) is 0 Å². The molecule has 0 radical (unpaired) electrons. The molecule has 1 aromatic rings. The molecule has 4 nitrogen and oxygen atoms in total. The number of aliphatic hydroxyl groups is 1. The van der Waals surface area contributed by atoms with Gasteiger partial charge in [0.1, 0.15) is 11.5 Å². The molecule has 2 atom stereocenters. The zero-order valence-corrected chi connectivity index (χ0v) is 14.3. The van der Waals surface area contributed by atoms with Crippen molar-refractivity contribution in [1.29, 1.82) is 0 Å². The Morgan fingerprint density at radius 1 is 1.42 bits per heavy atom. The maximum absolute atomic E-state index is 12.5. The van der Waals surface area contributed by atoms with E-state index in [4.69, 9.17) is 4.74 Å². The number of methoxy groups -OCH3 is 1. The summed E-state index contributed by atoms with van der Waals surface area (Å²) in [7, 11) is 1.65. The highest BCUT2D eigenvalue weighted by Gasteiger charge is 2.37. The second kappa shape index (κ2) is 7.62. The predicted octanol–water partition coefficient (Wildman–Crippen LogP) is 2.47. The van der Waals surface area contributed by atoms with E-state index in [9.17, 15) is 14.3 Å². The highest BCUT2D eigenvalue weighted by molar-refractivity contribution is 5.83. The molecule has 1 N–H and O–H groups in total. The van der Waals surface area contributed by atoms with Gasteiger partial charge in [-0.15, -0.1) is 0 Å². The van der Waals surface area contributed by atoms with Crippen LogP contribution in [-0.4, -0.2) is 49.3 Å². The first-order valence-electron chi connectivity index (χ1n) is 8.81. The van der Waals surface area contributed by atoms with Crippen LogP contribution in [0.1, 0.15) is 42.0 Å². The molecule has 1 fully saturated rings. The fraction of sp³-hybridized carbons (Fsp3) is 0.632. The number of ether oxygens (including phenoxy) is 1. The summed E-state index contributed by atoms with van der Waals surface area (Å²) in [6.45, 7) is 1.40. The first-order chi connectivity index (χ1) is 11.7. The smallest absolute Gasteiger partial charge is 0.139 e. The molecule has 0 aliphatic carbocycles. The number of hydrogen-bond donors (Lipinski definition) is 1. The van der Waals surface area contributed by atoms with E-state index in [1.807, 2.05) is 0 Å². The third kappa shape index (κ3) is 3.33. The Morgan fingerprint density at radius 3 is 2.96 bits per heavy atom. The van der Waals surface area contributed by atoms with Gasteiger partial charge in [0, 0.05) is 38.1 Å². The monoisotopic (exact) mass is 335 g/mol. The van der Waals surface area contributed by atoms with Gasteiger partial charge < -0.3 is 9.84 Å². The van der Waals surface area contributed by atoms with Gasteiger partial charge in [0.2, 0.25) is 0 Å². The van der Waals surface area contributed by atoms with Crippen LogP contribution in [-0.2, 0) is 17.6 Å². The van der Waals surface area contributed by atoms with Crippen LogP contribution >= 0.6 is 0 Å². The fourth-order valence-corrected chi connectivity index (χ4v) is 4.11. The number of hydrogen-bond acceptors (Lipinski definition) is 4. The van der Waals surface area contributed by atoms with Gasteiger partial charge in [-0.1, -0.05) is 6.07 Å². The molecule has 24 heavy (non-hydrogen) atoms. The molecule has 5 heteroatoms. The van der Waals surface area contributed by atoms with Crippen molar-refractivity contribution in [2.45, 2.75) is 38.1 Å². The number of alkyl halides is 1. The number of fused-ring (bicyclic) bond motifs is 3. The first-order valence-corrected chi connectivity index (χ1v) is 8.81. The van der Waals surface area contributed by atoms with E-state index in [0.717, 1.165) is 30.8 Å². The van der Waals surface area contributed by atoms with E-state index >= 15 is 0 Å². The molecule has 0 spiro atoms. The third-order valence-electron chi connectivity index (χ3n) is 5.38. The molecule has 0 amide bonds. The third-order valence-corrected chi connectivity index (χ3v) is 5.38. The van der Waals surface area contributed by atoms with Gasteiger partial charge in [-0.2, -0.15) is 0 Å². The molecule has 2 aliphatic heterocycles. The Hall–Kier alpha value is -1.46. The number of rotatable bonds is 6. The van der Waals surface area contributed by atoms with Crippen LogP contribution in [0, 0.1) is 5.92 Å². The molecule has 1 aromatic carbocycles. The highest BCUT2D eigenvalue weighted by atomic mass is 19.1. The van der Waals surface area contributed by atoms with Crippen LogP contribution < -0.4 is 4.74 Å². The normalized spacial score (nSPS) is 23.7. The molecular formula is C19H26FNO3. The Balaban J connectivity index is 1.85. The van der Waals surface area contributed by atoms with Gasteiger partial charge in [-0.05, 0) is 48.4 Å². The number of benzene rings is 1. The number of piperidine rings is 1. The van der Waals surface area contributed by atoms with Crippen LogP contribution in [0.25, 0.3) is 0 Å². The Bertz CT molecular complexity index is 605. The zero-order chi connectivity index (χ0) is 17.1. The van der Waals surface area contributed by atoms with Gasteiger partial charge in [0.15, 0.2) is 0 Å². The fourth-order valence-electron chi connectivity index (χ4n) is 4.11. The Kier molecular flexibility index (Phi) is 5.51. The molecule has 2 aliphatic rings. The minimum Gasteiger partial charge on any atom is -0.496 e. The Labute approximate surface area is 142 Å². The second-order valence-electron chi connectivity index (χ2n) is 6.80. The molecule has 132 valence electrons. The predicted molar refractivity (Wildman–Crippen MR) is 90.1 cm³/mol. The zero-order valence-electron chi connectivity index (χ0n) is 14.3. The van der Waals surface area contributed by atoms with Crippen LogP contribution in [0.5, 0.6) is 5.75 Å². The van der Waals surface area contributed by atoms with Crippen molar-refractivity contribution < 1.29 is 19.0 Å². The van der Waals surface area contributed by atoms with Crippen molar-refractivity contribution in [3.8, 4) is 5.75 Å². The topological polar surface area (TPSA) is 49.8 Å². The molecule has 0 aromatic heterocycles. The SMILES string of the molecule is COc1cc2c(cc1CCO)[C@H]1CC(=O)[C@H](CCCF)CN1CC2. The van der Waals surface area contributed by atoms with E-state index in [0.29, 0.717) is 25.7 Å². The van der Waals surface area contributed by atoms with Gasteiger partial charge in [0.25, 0.3) is 0 Å². The molecule has 2 heterocycles. The van der Waals surface area contributed by atoms with Crippen molar-refractivity contribution in [2.75, 3.05) is 33.5 Å². The number of nitrogens with zero attached hydrogens (tertiary/aromatic N) is 1. The summed E-state index contributed by atoms with van der Waals surface area (Å²) in [6.07, 6.45) is 3.13. The summed E-state index contributed by atoms with van der Waals surface area (Å²) in [4.78, 5) is 14.9. The van der Waals surface area contributed by atoms with Gasteiger partial charge >= 0.3 is 0 Å². The lowest BCUT2D eigenvalue weighted by atomic mass is 9.80. The van der Waals surface area contributed by atoms with Crippen LogP contribution in [0.15, 0.2) is 12.1 Å². The van der Waals surface area contributed by atoms with Gasteiger partial charge in [-0.25, -0.2) is 0 Å². The summed E-state index contributed by atoms with van der Waals surface area (Å²) >= 11 is 0. The average Bonchev–Trinajstić information content (AvgIpc) is 2.59. The standard InChI is InChI=1S/C19H26FNO3/c1-24-19-10-13-4-7-21-12-15(3-2-6-20)18(23)11-17(21)16(13)9-14(19)5-8-22/h9-10,15,17,22H,2-8,11-12H2,1H3/t15-,17-/m1/s1. The number of carbonyl (C=O) groups excluding carboxylic acids is 1. The minimum absolute atomic E-state index is 0.0197. The largest absolute Gasteiger partial charge is 0.496 e. The van der Waals surface area contributed by atoms with E-state index in [-0.39, 0.29) is 31.0 Å². The summed E-state index contributed by atoms with van der Waals surface area (Å²) in [5, 5.41) is 9.28. The van der Waals surface area contributed by atoms with Crippen molar-refractivity contribution in [3.05, 3.63) is 28.8 Å². The van der Waals surface area contributed by atoms with Crippen molar-refractivity contribution in [3.63, 3.8) is 0 Å². The van der Waals surface area contributed by atoms with Gasteiger partial charge in [-0.3, -0.25) is 14.1 Å². The lowest BCUT2D eigenvalue weighted by Gasteiger charge is -2.43. The maximum Gasteiger partial charge on any atom is 0.139 e. The van der Waals surface area contributed by atoms with E-state index in [1.165, 1.54) is 11.1 Å². The summed E-state index contributed by atoms with van der Waals surface area (Å²) in [5.41, 5.74) is 3.43. The van der Waals surface area contributed by atoms with Crippen LogP contribution in [0.4, 0.5) is 4.39 Å². The molecular weight excluding hydrogens is 309 g/mol. The number of Topliss-reactive ketones (excluding diaryl/α,β-unsaturated/α-hetero) is 1.